The predicted molar refractivity (Wildman–Crippen MR) is 131 cm³/mol. The summed E-state index contributed by atoms with van der Waals surface area (Å²) < 4.78 is 7.13. The Kier molecular flexibility index (Phi) is 5.96. The van der Waals surface area contributed by atoms with Crippen molar-refractivity contribution in [1.82, 2.24) is 20.3 Å². The summed E-state index contributed by atoms with van der Waals surface area (Å²) in [4.78, 5) is 13.1. The van der Waals surface area contributed by atoms with Crippen LogP contribution in [0.5, 0.6) is 5.75 Å². The first-order chi connectivity index (χ1) is 15.7. The van der Waals surface area contributed by atoms with Crippen molar-refractivity contribution in [2.75, 3.05) is 24.1 Å². The second kappa shape index (κ2) is 9.33. The lowest BCUT2D eigenvalue weighted by Crippen LogP contribution is -2.34. The van der Waals surface area contributed by atoms with E-state index in [-0.39, 0.29) is 0 Å². The maximum atomic E-state index is 6.05. The molecule has 7 nitrogen and oxygen atoms in total. The minimum atomic E-state index is 0.293. The third-order valence-corrected chi connectivity index (χ3v) is 6.12. The highest BCUT2D eigenvalue weighted by Gasteiger charge is 2.14. The summed E-state index contributed by atoms with van der Waals surface area (Å²) in [6.45, 7) is 2.03. The van der Waals surface area contributed by atoms with E-state index < -0.39 is 0 Å². The highest BCUT2D eigenvalue weighted by atomic mass is 32.1. The number of nitrogens with one attached hydrogen (secondary N) is 2. The first-order valence-corrected chi connectivity index (χ1v) is 11.4. The lowest BCUT2D eigenvalue weighted by molar-refractivity contribution is 0.162. The second-order valence-corrected chi connectivity index (χ2v) is 8.73. The summed E-state index contributed by atoms with van der Waals surface area (Å²) in [6.07, 6.45) is 9.99. The Hall–Kier alpha value is -3.49. The van der Waals surface area contributed by atoms with Crippen LogP contribution in [0.2, 0.25) is 0 Å². The number of fused-ring (bicyclic) bond motifs is 1. The topological polar surface area (TPSA) is 98.0 Å². The largest absolute Gasteiger partial charge is 0.490 e. The Morgan fingerprint density at radius 3 is 2.53 bits per heavy atom. The maximum Gasteiger partial charge on any atom is 0.227 e. The molecular formula is C24H24N6OS. The van der Waals surface area contributed by atoms with Crippen LogP contribution in [0.4, 0.5) is 16.8 Å². The molecule has 0 unspecified atom stereocenters. The standard InChI is InChI=1S/C24H24N6OS/c25-23-30-21-8-3-16(13-22(21)32-23)1-2-17-14-27-24(28-15-17)29-18-4-6-19(7-5-18)31-20-9-11-26-12-10-20/h1-8,13-15,20,26H,9-12H2,(H2,25,30)(H,27,28,29). The minimum Gasteiger partial charge on any atom is -0.490 e. The molecule has 4 N–H and O–H groups in total. The molecule has 1 fully saturated rings. The first kappa shape index (κ1) is 20.4. The average molecular weight is 445 g/mol. The summed E-state index contributed by atoms with van der Waals surface area (Å²) in [5, 5.41) is 7.16. The van der Waals surface area contributed by atoms with Crippen molar-refractivity contribution in [2.24, 2.45) is 0 Å². The van der Waals surface area contributed by atoms with Crippen molar-refractivity contribution in [3.05, 3.63) is 66.0 Å². The number of hydrogen-bond donors (Lipinski definition) is 3. The third kappa shape index (κ3) is 5.04. The number of ether oxygens (including phenoxy) is 1. The highest BCUT2D eigenvalue weighted by Crippen LogP contribution is 2.25. The fourth-order valence-corrected chi connectivity index (χ4v) is 4.38. The number of nitrogens with two attached hydrogens (primary N) is 1. The summed E-state index contributed by atoms with van der Waals surface area (Å²) in [5.41, 5.74) is 9.62. The Bertz CT molecular complexity index is 1210. The van der Waals surface area contributed by atoms with E-state index in [1.54, 1.807) is 12.4 Å². The Morgan fingerprint density at radius 2 is 1.75 bits per heavy atom. The molecule has 0 atom stereocenters. The zero-order valence-electron chi connectivity index (χ0n) is 17.5. The fourth-order valence-electron chi connectivity index (χ4n) is 3.60. The molecule has 3 heterocycles. The maximum absolute atomic E-state index is 6.05. The summed E-state index contributed by atoms with van der Waals surface area (Å²) >= 11 is 1.49. The number of benzene rings is 2. The number of aromatic nitrogens is 3. The van der Waals surface area contributed by atoms with Crippen LogP contribution < -0.4 is 21.1 Å². The van der Waals surface area contributed by atoms with Crippen LogP contribution in [0.3, 0.4) is 0 Å². The van der Waals surface area contributed by atoms with Crippen LogP contribution in [0.15, 0.2) is 54.9 Å². The van der Waals surface area contributed by atoms with Crippen molar-refractivity contribution < 1.29 is 4.74 Å². The number of nitrogen functional groups attached to an aromatic ring is 1. The van der Waals surface area contributed by atoms with E-state index >= 15 is 0 Å². The highest BCUT2D eigenvalue weighted by molar-refractivity contribution is 7.22. The normalized spacial score (nSPS) is 14.8. The molecule has 32 heavy (non-hydrogen) atoms. The molecule has 0 aliphatic carbocycles. The van der Waals surface area contributed by atoms with E-state index in [0.29, 0.717) is 17.2 Å². The van der Waals surface area contributed by atoms with Crippen LogP contribution in [-0.2, 0) is 0 Å². The van der Waals surface area contributed by atoms with Gasteiger partial charge in [-0.15, -0.1) is 0 Å². The van der Waals surface area contributed by atoms with Gasteiger partial charge in [0.15, 0.2) is 5.13 Å². The second-order valence-electron chi connectivity index (χ2n) is 7.67. The number of piperidine rings is 1. The monoisotopic (exact) mass is 444 g/mol. The number of hydrogen-bond acceptors (Lipinski definition) is 8. The quantitative estimate of drug-likeness (QED) is 0.396. The smallest absolute Gasteiger partial charge is 0.227 e. The average Bonchev–Trinajstić information content (AvgIpc) is 3.20. The lowest BCUT2D eigenvalue weighted by Gasteiger charge is -2.23. The summed E-state index contributed by atoms with van der Waals surface area (Å²) in [7, 11) is 0. The molecule has 0 radical (unpaired) electrons. The molecule has 1 aliphatic rings. The Morgan fingerprint density at radius 1 is 1.00 bits per heavy atom. The van der Waals surface area contributed by atoms with Gasteiger partial charge in [0.2, 0.25) is 5.95 Å². The molecule has 162 valence electrons. The van der Waals surface area contributed by atoms with Gasteiger partial charge in [-0.25, -0.2) is 15.0 Å². The molecule has 1 saturated heterocycles. The fraction of sp³-hybridized carbons (Fsp3) is 0.208. The van der Waals surface area contributed by atoms with Gasteiger partial charge in [0.1, 0.15) is 11.9 Å². The van der Waals surface area contributed by atoms with Crippen molar-refractivity contribution in [3.8, 4) is 5.75 Å². The van der Waals surface area contributed by atoms with Gasteiger partial charge in [0.05, 0.1) is 10.2 Å². The van der Waals surface area contributed by atoms with Gasteiger partial charge in [0.25, 0.3) is 0 Å². The molecular weight excluding hydrogens is 420 g/mol. The predicted octanol–water partition coefficient (Wildman–Crippen LogP) is 4.71. The third-order valence-electron chi connectivity index (χ3n) is 5.27. The molecule has 4 aromatic rings. The zero-order valence-corrected chi connectivity index (χ0v) is 18.3. The molecule has 2 aromatic heterocycles. The molecule has 0 amide bonds. The van der Waals surface area contributed by atoms with Crippen LogP contribution in [0, 0.1) is 0 Å². The SMILES string of the molecule is Nc1nc2ccc(C=Cc3cnc(Nc4ccc(OC5CCNCC5)cc4)nc3)cc2s1. The summed E-state index contributed by atoms with van der Waals surface area (Å²) in [5.74, 6) is 1.44. The minimum absolute atomic E-state index is 0.293. The lowest BCUT2D eigenvalue weighted by atomic mass is 10.1. The van der Waals surface area contributed by atoms with Crippen molar-refractivity contribution >= 4 is 50.5 Å². The van der Waals surface area contributed by atoms with Gasteiger partial charge in [-0.3, -0.25) is 0 Å². The summed E-state index contributed by atoms with van der Waals surface area (Å²) in [6, 6.07) is 14.0. The first-order valence-electron chi connectivity index (χ1n) is 10.6. The molecule has 2 aromatic carbocycles. The zero-order chi connectivity index (χ0) is 21.8. The van der Waals surface area contributed by atoms with E-state index in [4.69, 9.17) is 10.5 Å². The van der Waals surface area contributed by atoms with E-state index in [9.17, 15) is 0 Å². The van der Waals surface area contributed by atoms with E-state index in [1.807, 2.05) is 48.6 Å². The van der Waals surface area contributed by atoms with Gasteiger partial charge >= 0.3 is 0 Å². The number of thiazole rings is 1. The molecule has 8 heteroatoms. The molecule has 5 rings (SSSR count). The van der Waals surface area contributed by atoms with E-state index in [2.05, 4.69) is 31.7 Å². The van der Waals surface area contributed by atoms with Gasteiger partial charge in [-0.1, -0.05) is 29.6 Å². The Labute approximate surface area is 190 Å². The van der Waals surface area contributed by atoms with Crippen LogP contribution in [-0.4, -0.2) is 34.1 Å². The van der Waals surface area contributed by atoms with Crippen LogP contribution in [0.25, 0.3) is 22.4 Å². The molecule has 0 bridgehead atoms. The molecule has 0 spiro atoms. The van der Waals surface area contributed by atoms with Crippen molar-refractivity contribution in [3.63, 3.8) is 0 Å². The number of rotatable bonds is 6. The van der Waals surface area contributed by atoms with Gasteiger partial charge < -0.3 is 21.1 Å². The van der Waals surface area contributed by atoms with Crippen LogP contribution in [0.1, 0.15) is 24.0 Å². The number of anilines is 3. The van der Waals surface area contributed by atoms with Gasteiger partial charge in [-0.05, 0) is 67.9 Å². The van der Waals surface area contributed by atoms with Crippen LogP contribution >= 0.6 is 11.3 Å². The molecule has 1 aliphatic heterocycles. The van der Waals surface area contributed by atoms with E-state index in [1.165, 1.54) is 11.3 Å². The van der Waals surface area contributed by atoms with E-state index in [0.717, 1.165) is 58.7 Å². The molecule has 0 saturated carbocycles. The van der Waals surface area contributed by atoms with Crippen molar-refractivity contribution in [2.45, 2.75) is 18.9 Å². The van der Waals surface area contributed by atoms with Gasteiger partial charge in [0, 0.05) is 23.6 Å². The number of nitrogens with zero attached hydrogens (tertiary/aromatic N) is 3. The Balaban J connectivity index is 1.19. The van der Waals surface area contributed by atoms with Crippen molar-refractivity contribution in [1.29, 1.82) is 0 Å². The van der Waals surface area contributed by atoms with Gasteiger partial charge in [-0.2, -0.15) is 0 Å².